The Balaban J connectivity index is 2.67. The van der Waals surface area contributed by atoms with Crippen molar-refractivity contribution in [3.8, 4) is 5.75 Å². The first-order valence-electron chi connectivity index (χ1n) is 6.70. The lowest BCUT2D eigenvalue weighted by Crippen LogP contribution is -2.37. The fraction of sp³-hybridized carbons (Fsp3) is 0.467. The van der Waals surface area contributed by atoms with Crippen LogP contribution in [0.15, 0.2) is 22.7 Å². The van der Waals surface area contributed by atoms with E-state index in [1.54, 1.807) is 18.2 Å². The monoisotopic (exact) mass is 341 g/mol. The van der Waals surface area contributed by atoms with Crippen molar-refractivity contribution in [2.75, 3.05) is 6.61 Å². The van der Waals surface area contributed by atoms with Gasteiger partial charge in [-0.3, -0.25) is 9.59 Å². The summed E-state index contributed by atoms with van der Waals surface area (Å²) in [6, 6.07) is 5.32. The van der Waals surface area contributed by atoms with Gasteiger partial charge in [-0.05, 0) is 38.0 Å². The normalized spacial score (nSPS) is 10.4. The van der Waals surface area contributed by atoms with E-state index in [4.69, 9.17) is 4.74 Å². The van der Waals surface area contributed by atoms with Crippen LogP contribution in [0.1, 0.15) is 44.0 Å². The molecule has 0 heterocycles. The fourth-order valence-corrected chi connectivity index (χ4v) is 2.15. The van der Waals surface area contributed by atoms with Crippen LogP contribution in [0.4, 0.5) is 0 Å². The van der Waals surface area contributed by atoms with Crippen molar-refractivity contribution in [1.82, 2.24) is 5.32 Å². The zero-order chi connectivity index (χ0) is 15.1. The lowest BCUT2D eigenvalue weighted by Gasteiger charge is -2.15. The first-order valence-corrected chi connectivity index (χ1v) is 7.49. The Morgan fingerprint density at radius 2 is 1.95 bits per heavy atom. The minimum atomic E-state index is -0.173. The number of rotatable bonds is 7. The predicted octanol–water partition coefficient (Wildman–Crippen LogP) is 3.34. The summed E-state index contributed by atoms with van der Waals surface area (Å²) >= 11 is 3.32. The molecule has 0 aliphatic heterocycles. The van der Waals surface area contributed by atoms with Gasteiger partial charge in [-0.2, -0.15) is 0 Å². The summed E-state index contributed by atoms with van der Waals surface area (Å²) in [5.41, 5.74) is 0.475. The Hall–Kier alpha value is -1.36. The molecule has 1 N–H and O–H groups in total. The molecule has 0 bridgehead atoms. The number of ketones is 1. The molecule has 20 heavy (non-hydrogen) atoms. The molecular formula is C15H20BrNO3. The number of halogens is 1. The predicted molar refractivity (Wildman–Crippen MR) is 82.2 cm³/mol. The van der Waals surface area contributed by atoms with Gasteiger partial charge in [0.25, 0.3) is 5.91 Å². The zero-order valence-electron chi connectivity index (χ0n) is 12.0. The lowest BCUT2D eigenvalue weighted by atomic mass is 10.1. The Labute approximate surface area is 128 Å². The third kappa shape index (κ3) is 4.96. The molecule has 4 nitrogen and oxygen atoms in total. The maximum Gasteiger partial charge on any atom is 0.258 e. The molecule has 0 unspecified atom stereocenters. The van der Waals surface area contributed by atoms with Gasteiger partial charge in [-0.1, -0.05) is 29.8 Å². The Kier molecular flexibility index (Phi) is 6.71. The maximum absolute atomic E-state index is 11.8. The first-order chi connectivity index (χ1) is 9.47. The number of carbonyl (C=O) groups excluding carboxylic acids is 2. The highest BCUT2D eigenvalue weighted by molar-refractivity contribution is 9.10. The molecule has 1 amide bonds. The Bertz CT molecular complexity index is 484. The third-order valence-electron chi connectivity index (χ3n) is 3.03. The number of benzene rings is 1. The summed E-state index contributed by atoms with van der Waals surface area (Å²) in [7, 11) is 0. The molecule has 0 atom stereocenters. The highest BCUT2D eigenvalue weighted by atomic mass is 79.9. The van der Waals surface area contributed by atoms with Crippen molar-refractivity contribution >= 4 is 27.6 Å². The van der Waals surface area contributed by atoms with Gasteiger partial charge in [-0.15, -0.1) is 0 Å². The standard InChI is InChI=1S/C15H20BrNO3/c1-4-12(5-2)17-15(19)9-20-14-8-11(16)6-7-13(14)10(3)18/h6-8,12H,4-5,9H2,1-3H3,(H,17,19). The van der Waals surface area contributed by atoms with E-state index in [-0.39, 0.29) is 24.3 Å². The number of ether oxygens (including phenoxy) is 1. The molecule has 0 fully saturated rings. The number of Topliss-reactive ketones (excluding diaryl/α,β-unsaturated/α-hetero) is 1. The molecule has 0 radical (unpaired) electrons. The minimum Gasteiger partial charge on any atom is -0.483 e. The molecular weight excluding hydrogens is 322 g/mol. The highest BCUT2D eigenvalue weighted by Crippen LogP contribution is 2.24. The number of carbonyl (C=O) groups is 2. The molecule has 1 rings (SSSR count). The molecule has 0 aliphatic rings. The molecule has 1 aromatic rings. The molecule has 110 valence electrons. The summed E-state index contributed by atoms with van der Waals surface area (Å²) in [5.74, 6) is 0.160. The molecule has 0 saturated carbocycles. The molecule has 0 saturated heterocycles. The van der Waals surface area contributed by atoms with Crippen LogP contribution in [-0.2, 0) is 4.79 Å². The van der Waals surface area contributed by atoms with Crippen LogP contribution in [0.3, 0.4) is 0 Å². The molecule has 0 aromatic heterocycles. The zero-order valence-corrected chi connectivity index (χ0v) is 13.6. The van der Waals surface area contributed by atoms with Crippen molar-refractivity contribution < 1.29 is 14.3 Å². The van der Waals surface area contributed by atoms with Gasteiger partial charge in [0.15, 0.2) is 12.4 Å². The van der Waals surface area contributed by atoms with Crippen molar-refractivity contribution in [2.45, 2.75) is 39.7 Å². The van der Waals surface area contributed by atoms with Gasteiger partial charge in [-0.25, -0.2) is 0 Å². The first kappa shape index (κ1) is 16.7. The number of amides is 1. The van der Waals surface area contributed by atoms with Crippen molar-refractivity contribution in [3.63, 3.8) is 0 Å². The summed E-state index contributed by atoms with van der Waals surface area (Å²) in [4.78, 5) is 23.3. The summed E-state index contributed by atoms with van der Waals surface area (Å²) in [5, 5.41) is 2.89. The van der Waals surface area contributed by atoms with E-state index in [1.807, 2.05) is 13.8 Å². The minimum absolute atomic E-state index is 0.0899. The number of hydrogen-bond acceptors (Lipinski definition) is 3. The molecule has 5 heteroatoms. The van der Waals surface area contributed by atoms with E-state index in [0.29, 0.717) is 11.3 Å². The second kappa shape index (κ2) is 8.04. The third-order valence-corrected chi connectivity index (χ3v) is 3.53. The summed E-state index contributed by atoms with van der Waals surface area (Å²) in [6.07, 6.45) is 1.77. The van der Waals surface area contributed by atoms with E-state index in [2.05, 4.69) is 21.2 Å². The van der Waals surface area contributed by atoms with Crippen LogP contribution in [0.25, 0.3) is 0 Å². The smallest absolute Gasteiger partial charge is 0.258 e. The molecule has 0 aliphatic carbocycles. The van der Waals surface area contributed by atoms with E-state index in [9.17, 15) is 9.59 Å². The lowest BCUT2D eigenvalue weighted by molar-refractivity contribution is -0.123. The van der Waals surface area contributed by atoms with Crippen molar-refractivity contribution in [2.24, 2.45) is 0 Å². The van der Waals surface area contributed by atoms with Crippen molar-refractivity contribution in [1.29, 1.82) is 0 Å². The average molecular weight is 342 g/mol. The summed E-state index contributed by atoms with van der Waals surface area (Å²) in [6.45, 7) is 5.43. The van der Waals surface area contributed by atoms with Crippen LogP contribution < -0.4 is 10.1 Å². The van der Waals surface area contributed by atoms with Crippen LogP contribution in [0.5, 0.6) is 5.75 Å². The molecule has 0 spiro atoms. The van der Waals surface area contributed by atoms with Gasteiger partial charge in [0, 0.05) is 10.5 Å². The van der Waals surface area contributed by atoms with Gasteiger partial charge >= 0.3 is 0 Å². The van der Waals surface area contributed by atoms with Gasteiger partial charge < -0.3 is 10.1 Å². The van der Waals surface area contributed by atoms with Gasteiger partial charge in [0.2, 0.25) is 0 Å². The SMILES string of the molecule is CCC(CC)NC(=O)COc1cc(Br)ccc1C(C)=O. The van der Waals surface area contributed by atoms with Crippen LogP contribution in [-0.4, -0.2) is 24.3 Å². The quantitative estimate of drug-likeness (QED) is 0.774. The second-order valence-corrected chi connectivity index (χ2v) is 5.48. The van der Waals surface area contributed by atoms with E-state index in [1.165, 1.54) is 6.92 Å². The van der Waals surface area contributed by atoms with Crippen LogP contribution in [0, 0.1) is 0 Å². The highest BCUT2D eigenvalue weighted by Gasteiger charge is 2.12. The topological polar surface area (TPSA) is 55.4 Å². The van der Waals surface area contributed by atoms with Crippen molar-refractivity contribution in [3.05, 3.63) is 28.2 Å². The second-order valence-electron chi connectivity index (χ2n) is 4.57. The summed E-state index contributed by atoms with van der Waals surface area (Å²) < 4.78 is 6.27. The average Bonchev–Trinajstić information content (AvgIpc) is 2.42. The number of hydrogen-bond donors (Lipinski definition) is 1. The van der Waals surface area contributed by atoms with Gasteiger partial charge in [0.1, 0.15) is 5.75 Å². The Morgan fingerprint density at radius 3 is 2.50 bits per heavy atom. The largest absolute Gasteiger partial charge is 0.483 e. The van der Waals surface area contributed by atoms with E-state index >= 15 is 0 Å². The van der Waals surface area contributed by atoms with Gasteiger partial charge in [0.05, 0.1) is 5.56 Å². The fourth-order valence-electron chi connectivity index (χ4n) is 1.81. The van der Waals surface area contributed by atoms with E-state index in [0.717, 1.165) is 17.3 Å². The number of nitrogens with one attached hydrogen (secondary N) is 1. The van der Waals surface area contributed by atoms with Crippen LogP contribution >= 0.6 is 15.9 Å². The Morgan fingerprint density at radius 1 is 1.30 bits per heavy atom. The maximum atomic E-state index is 11.8. The van der Waals surface area contributed by atoms with Crippen LogP contribution in [0.2, 0.25) is 0 Å². The molecule has 1 aromatic carbocycles. The van der Waals surface area contributed by atoms with E-state index < -0.39 is 0 Å².